The summed E-state index contributed by atoms with van der Waals surface area (Å²) in [5.74, 6) is -1.13. The van der Waals surface area contributed by atoms with E-state index >= 15 is 0 Å². The number of fused-ring (bicyclic) bond motifs is 1. The molecule has 2 aromatic carbocycles. The molecule has 1 unspecified atom stereocenters. The van der Waals surface area contributed by atoms with Crippen LogP contribution in [0.1, 0.15) is 52.9 Å². The highest BCUT2D eigenvalue weighted by Crippen LogP contribution is 2.36. The van der Waals surface area contributed by atoms with Crippen LogP contribution in [-0.2, 0) is 24.2 Å². The molecule has 3 amide bonds. The number of hydrogen-bond acceptors (Lipinski definition) is 8. The van der Waals surface area contributed by atoms with E-state index in [4.69, 9.17) is 4.74 Å². The monoisotopic (exact) mass is 598 g/mol. The second kappa shape index (κ2) is 11.9. The molecule has 2 aliphatic rings. The van der Waals surface area contributed by atoms with Crippen LogP contribution in [0.2, 0.25) is 0 Å². The van der Waals surface area contributed by atoms with Crippen molar-refractivity contribution in [2.45, 2.75) is 50.2 Å². The van der Waals surface area contributed by atoms with Gasteiger partial charge in [-0.3, -0.25) is 14.4 Å². The summed E-state index contributed by atoms with van der Waals surface area (Å²) in [4.78, 5) is 44.5. The summed E-state index contributed by atoms with van der Waals surface area (Å²) in [6, 6.07) is 11.4. The van der Waals surface area contributed by atoms with Gasteiger partial charge in [0.2, 0.25) is 11.8 Å². The largest absolute Gasteiger partial charge is 0.378 e. The molecule has 2 N–H and O–H groups in total. The SMILES string of the molecule is Cc1cc2nc(C(C(=O)NCC(=O)NC3CC3)S(=O)(=O)C(C)C)sc2cc1-c1ccc(C(=O)N2CCOCC2)cc1. The summed E-state index contributed by atoms with van der Waals surface area (Å²) in [6.07, 6.45) is 1.82. The minimum absolute atomic E-state index is 0.0279. The molecule has 2 heterocycles. The summed E-state index contributed by atoms with van der Waals surface area (Å²) in [5, 5.41) is 3.11. The molecule has 0 radical (unpaired) electrons. The van der Waals surface area contributed by atoms with Crippen molar-refractivity contribution >= 4 is 49.1 Å². The number of nitrogens with one attached hydrogen (secondary N) is 2. The van der Waals surface area contributed by atoms with Crippen LogP contribution in [0.5, 0.6) is 0 Å². The molecule has 1 saturated carbocycles. The molecule has 1 aliphatic heterocycles. The maximum absolute atomic E-state index is 13.3. The minimum atomic E-state index is -3.93. The Morgan fingerprint density at radius 1 is 1.10 bits per heavy atom. The molecule has 10 nitrogen and oxygen atoms in total. The van der Waals surface area contributed by atoms with E-state index in [2.05, 4.69) is 15.6 Å². The van der Waals surface area contributed by atoms with Crippen molar-refractivity contribution in [3.05, 3.63) is 52.5 Å². The van der Waals surface area contributed by atoms with Crippen LogP contribution in [0, 0.1) is 6.92 Å². The lowest BCUT2D eigenvalue weighted by atomic mass is 9.99. The van der Waals surface area contributed by atoms with Gasteiger partial charge in [0.15, 0.2) is 15.1 Å². The van der Waals surface area contributed by atoms with Gasteiger partial charge in [-0.05, 0) is 74.6 Å². The quantitative estimate of drug-likeness (QED) is 0.387. The van der Waals surface area contributed by atoms with Gasteiger partial charge in [0.05, 0.1) is 35.2 Å². The van der Waals surface area contributed by atoms with Gasteiger partial charge in [0.25, 0.3) is 5.91 Å². The molecule has 218 valence electrons. The van der Waals surface area contributed by atoms with Gasteiger partial charge in [0, 0.05) is 24.7 Å². The maximum atomic E-state index is 13.3. The number of rotatable bonds is 9. The average molecular weight is 599 g/mol. The van der Waals surface area contributed by atoms with Crippen LogP contribution in [0.4, 0.5) is 0 Å². The van der Waals surface area contributed by atoms with Crippen molar-refractivity contribution < 1.29 is 27.5 Å². The second-order valence-electron chi connectivity index (χ2n) is 10.7. The number of carbonyl (C=O) groups excluding carboxylic acids is 3. The van der Waals surface area contributed by atoms with Gasteiger partial charge < -0.3 is 20.3 Å². The first-order chi connectivity index (χ1) is 19.5. The van der Waals surface area contributed by atoms with E-state index in [0.717, 1.165) is 45.6 Å². The molecule has 1 aliphatic carbocycles. The molecule has 0 spiro atoms. The summed E-state index contributed by atoms with van der Waals surface area (Å²) in [5.41, 5.74) is 3.94. The van der Waals surface area contributed by atoms with Crippen LogP contribution in [0.25, 0.3) is 21.3 Å². The number of carbonyl (C=O) groups is 3. The number of sulfone groups is 1. The fraction of sp³-hybridized carbons (Fsp3) is 0.448. The molecule has 1 aromatic heterocycles. The molecule has 41 heavy (non-hydrogen) atoms. The highest BCUT2D eigenvalue weighted by Gasteiger charge is 2.39. The van der Waals surface area contributed by atoms with Gasteiger partial charge in [-0.2, -0.15) is 0 Å². The standard InChI is InChI=1S/C29H34N4O6S2/c1-17(2)41(37,38)26(27(35)30-16-25(34)31-21-8-9-21)28-32-23-14-18(3)22(15-24(23)40-28)19-4-6-20(7-5-19)29(36)33-10-12-39-13-11-33/h4-7,14-15,17,21,26H,8-13,16H2,1-3H3,(H,30,35)(H,31,34). The van der Waals surface area contributed by atoms with Gasteiger partial charge in [-0.1, -0.05) is 12.1 Å². The number of nitrogens with zero attached hydrogens (tertiary/aromatic N) is 2. The fourth-order valence-electron chi connectivity index (χ4n) is 4.70. The van der Waals surface area contributed by atoms with Crippen LogP contribution < -0.4 is 10.6 Å². The number of amides is 3. The van der Waals surface area contributed by atoms with Crippen molar-refractivity contribution in [3.63, 3.8) is 0 Å². The van der Waals surface area contributed by atoms with E-state index < -0.39 is 26.2 Å². The average Bonchev–Trinajstić information content (AvgIpc) is 3.68. The van der Waals surface area contributed by atoms with Gasteiger partial charge in [-0.25, -0.2) is 13.4 Å². The first-order valence-electron chi connectivity index (χ1n) is 13.7. The van der Waals surface area contributed by atoms with Gasteiger partial charge in [0.1, 0.15) is 5.01 Å². The Bertz CT molecular complexity index is 1570. The molecular weight excluding hydrogens is 564 g/mol. The highest BCUT2D eigenvalue weighted by atomic mass is 32.2. The Kier molecular flexibility index (Phi) is 8.44. The molecule has 3 aromatic rings. The van der Waals surface area contributed by atoms with Crippen LogP contribution >= 0.6 is 11.3 Å². The Morgan fingerprint density at radius 2 is 1.78 bits per heavy atom. The predicted octanol–water partition coefficient (Wildman–Crippen LogP) is 3.00. The Hall–Kier alpha value is -3.35. The second-order valence-corrected chi connectivity index (χ2v) is 14.4. The predicted molar refractivity (Wildman–Crippen MR) is 157 cm³/mol. The number of hydrogen-bond donors (Lipinski definition) is 2. The van der Waals surface area contributed by atoms with E-state index in [1.807, 2.05) is 43.3 Å². The van der Waals surface area contributed by atoms with Crippen molar-refractivity contribution in [2.24, 2.45) is 0 Å². The third-order valence-corrected chi connectivity index (χ3v) is 10.9. The third kappa shape index (κ3) is 6.44. The van der Waals surface area contributed by atoms with E-state index in [9.17, 15) is 22.8 Å². The van der Waals surface area contributed by atoms with Crippen LogP contribution in [-0.4, -0.2) is 80.2 Å². The Morgan fingerprint density at radius 3 is 2.41 bits per heavy atom. The number of ether oxygens (including phenoxy) is 1. The lowest BCUT2D eigenvalue weighted by Crippen LogP contribution is -2.42. The third-order valence-electron chi connectivity index (χ3n) is 7.31. The fourth-order valence-corrected chi connectivity index (χ4v) is 7.48. The summed E-state index contributed by atoms with van der Waals surface area (Å²) < 4.78 is 32.7. The molecule has 5 rings (SSSR count). The van der Waals surface area contributed by atoms with Crippen molar-refractivity contribution in [3.8, 4) is 11.1 Å². The molecule has 12 heteroatoms. The Balaban J connectivity index is 1.41. The number of morpholine rings is 1. The number of aryl methyl sites for hydroxylation is 1. The maximum Gasteiger partial charge on any atom is 0.254 e. The molecule has 2 fully saturated rings. The lowest BCUT2D eigenvalue weighted by molar-refractivity contribution is -0.126. The first kappa shape index (κ1) is 29.2. The van der Waals surface area contributed by atoms with E-state index in [1.54, 1.807) is 4.90 Å². The molecule has 0 bridgehead atoms. The van der Waals surface area contributed by atoms with E-state index in [1.165, 1.54) is 13.8 Å². The first-order valence-corrected chi connectivity index (χ1v) is 16.2. The van der Waals surface area contributed by atoms with E-state index in [0.29, 0.717) is 37.4 Å². The summed E-state index contributed by atoms with van der Waals surface area (Å²) in [7, 11) is -3.93. The zero-order chi connectivity index (χ0) is 29.3. The number of thiazole rings is 1. The van der Waals surface area contributed by atoms with Gasteiger partial charge in [-0.15, -0.1) is 11.3 Å². The molecule has 1 atom stereocenters. The van der Waals surface area contributed by atoms with Crippen molar-refractivity contribution in [1.82, 2.24) is 20.5 Å². The van der Waals surface area contributed by atoms with Crippen molar-refractivity contribution in [2.75, 3.05) is 32.8 Å². The smallest absolute Gasteiger partial charge is 0.254 e. The number of aromatic nitrogens is 1. The Labute approximate surface area is 243 Å². The summed E-state index contributed by atoms with van der Waals surface area (Å²) >= 11 is 1.15. The van der Waals surface area contributed by atoms with Gasteiger partial charge >= 0.3 is 0 Å². The zero-order valence-corrected chi connectivity index (χ0v) is 24.9. The normalized spacial score (nSPS) is 16.5. The minimum Gasteiger partial charge on any atom is -0.378 e. The lowest BCUT2D eigenvalue weighted by Gasteiger charge is -2.26. The summed E-state index contributed by atoms with van der Waals surface area (Å²) in [6.45, 7) is 6.92. The van der Waals surface area contributed by atoms with Crippen molar-refractivity contribution in [1.29, 1.82) is 0 Å². The topological polar surface area (TPSA) is 135 Å². The zero-order valence-electron chi connectivity index (χ0n) is 23.3. The molecule has 1 saturated heterocycles. The number of benzene rings is 2. The highest BCUT2D eigenvalue weighted by molar-refractivity contribution is 7.93. The van der Waals surface area contributed by atoms with E-state index in [-0.39, 0.29) is 29.4 Å². The van der Waals surface area contributed by atoms with Crippen LogP contribution in [0.15, 0.2) is 36.4 Å². The van der Waals surface area contributed by atoms with Crippen LogP contribution in [0.3, 0.4) is 0 Å². The molecular formula is C29H34N4O6S2.